The van der Waals surface area contributed by atoms with E-state index in [4.69, 9.17) is 8.94 Å². The predicted molar refractivity (Wildman–Crippen MR) is 79.9 cm³/mol. The molecule has 0 saturated carbocycles. The van der Waals surface area contributed by atoms with Gasteiger partial charge in [-0.15, -0.1) is 0 Å². The van der Waals surface area contributed by atoms with Gasteiger partial charge < -0.3 is 8.94 Å². The number of rotatable bonds is 4. The van der Waals surface area contributed by atoms with Crippen LogP contribution in [0.25, 0.3) is 11.5 Å². The van der Waals surface area contributed by atoms with E-state index in [-0.39, 0.29) is 0 Å². The molecule has 0 radical (unpaired) electrons. The molecule has 6 nitrogen and oxygen atoms in total. The number of nitrogens with one attached hydrogen (secondary N) is 1. The molecule has 1 N–H and O–H groups in total. The van der Waals surface area contributed by atoms with Gasteiger partial charge in [0.1, 0.15) is 22.9 Å². The largest absolute Gasteiger partial charge is 0.458 e. The van der Waals surface area contributed by atoms with Gasteiger partial charge in [0, 0.05) is 12.3 Å². The Balaban J connectivity index is 1.50. The first-order chi connectivity index (χ1) is 10.8. The van der Waals surface area contributed by atoms with Gasteiger partial charge in [0.25, 0.3) is 0 Å². The molecule has 4 heterocycles. The Morgan fingerprint density at radius 3 is 3.09 bits per heavy atom. The number of hydrogen-bond donors (Lipinski definition) is 1. The SMILES string of the molecule is Cc1cc(C2CCCN2Cc2ccc(-c3ccn[nH]3)o2)no1. The summed E-state index contributed by atoms with van der Waals surface area (Å²) in [7, 11) is 0. The number of aryl methyl sites for hydroxylation is 1. The topological polar surface area (TPSA) is 71.1 Å². The molecule has 1 unspecified atom stereocenters. The van der Waals surface area contributed by atoms with Crippen LogP contribution in [0.5, 0.6) is 0 Å². The summed E-state index contributed by atoms with van der Waals surface area (Å²) in [5.74, 6) is 2.64. The van der Waals surface area contributed by atoms with Crippen molar-refractivity contribution in [1.29, 1.82) is 0 Å². The standard InChI is InChI=1S/C16H18N4O2/c1-11-9-14(19-22-11)15-3-2-8-20(15)10-12-4-5-16(21-12)13-6-7-17-18-13/h4-7,9,15H,2-3,8,10H2,1H3,(H,17,18). The van der Waals surface area contributed by atoms with E-state index in [0.29, 0.717) is 6.04 Å². The van der Waals surface area contributed by atoms with Gasteiger partial charge in [-0.3, -0.25) is 10.00 Å². The lowest BCUT2D eigenvalue weighted by atomic mass is 10.1. The first kappa shape index (κ1) is 13.3. The molecule has 1 atom stereocenters. The summed E-state index contributed by atoms with van der Waals surface area (Å²) >= 11 is 0. The molecule has 0 bridgehead atoms. The highest BCUT2D eigenvalue weighted by Gasteiger charge is 2.29. The third-order valence-corrected chi connectivity index (χ3v) is 4.14. The zero-order valence-corrected chi connectivity index (χ0v) is 12.5. The molecule has 3 aromatic heterocycles. The summed E-state index contributed by atoms with van der Waals surface area (Å²) in [6, 6.07) is 8.26. The van der Waals surface area contributed by atoms with E-state index in [1.807, 2.05) is 31.2 Å². The number of nitrogens with zero attached hydrogens (tertiary/aromatic N) is 3. The summed E-state index contributed by atoms with van der Waals surface area (Å²) in [5, 5.41) is 11.0. The van der Waals surface area contributed by atoms with Gasteiger partial charge in [0.05, 0.1) is 12.6 Å². The fourth-order valence-electron chi connectivity index (χ4n) is 3.09. The Morgan fingerprint density at radius 2 is 2.32 bits per heavy atom. The van der Waals surface area contributed by atoms with Crippen molar-refractivity contribution in [3.63, 3.8) is 0 Å². The second-order valence-corrected chi connectivity index (χ2v) is 5.73. The van der Waals surface area contributed by atoms with Crippen LogP contribution in [-0.2, 0) is 6.54 Å². The van der Waals surface area contributed by atoms with Crippen LogP contribution in [0.4, 0.5) is 0 Å². The van der Waals surface area contributed by atoms with Gasteiger partial charge in [0.2, 0.25) is 0 Å². The molecular weight excluding hydrogens is 280 g/mol. The highest BCUT2D eigenvalue weighted by molar-refractivity contribution is 5.51. The number of aromatic nitrogens is 3. The smallest absolute Gasteiger partial charge is 0.152 e. The van der Waals surface area contributed by atoms with Crippen LogP contribution in [0.1, 0.15) is 36.1 Å². The van der Waals surface area contributed by atoms with Crippen molar-refractivity contribution < 1.29 is 8.94 Å². The highest BCUT2D eigenvalue weighted by atomic mass is 16.5. The Labute approximate surface area is 128 Å². The van der Waals surface area contributed by atoms with E-state index >= 15 is 0 Å². The van der Waals surface area contributed by atoms with Crippen molar-refractivity contribution in [2.24, 2.45) is 0 Å². The summed E-state index contributed by atoms with van der Waals surface area (Å²) in [6.45, 7) is 3.76. The van der Waals surface area contributed by atoms with E-state index in [1.54, 1.807) is 6.20 Å². The molecule has 1 fully saturated rings. The number of likely N-dealkylation sites (tertiary alicyclic amines) is 1. The van der Waals surface area contributed by atoms with Crippen LogP contribution in [-0.4, -0.2) is 26.8 Å². The molecule has 0 spiro atoms. The van der Waals surface area contributed by atoms with Crippen LogP contribution in [0, 0.1) is 6.92 Å². The minimum Gasteiger partial charge on any atom is -0.458 e. The number of aromatic amines is 1. The Morgan fingerprint density at radius 1 is 1.36 bits per heavy atom. The zero-order chi connectivity index (χ0) is 14.9. The van der Waals surface area contributed by atoms with Crippen molar-refractivity contribution in [3.05, 3.63) is 47.7 Å². The average molecular weight is 298 g/mol. The van der Waals surface area contributed by atoms with E-state index in [2.05, 4.69) is 20.3 Å². The third kappa shape index (κ3) is 2.46. The number of furan rings is 1. The van der Waals surface area contributed by atoms with Gasteiger partial charge >= 0.3 is 0 Å². The molecular formula is C16H18N4O2. The lowest BCUT2D eigenvalue weighted by molar-refractivity contribution is 0.219. The maximum Gasteiger partial charge on any atom is 0.152 e. The molecule has 114 valence electrons. The molecule has 3 aromatic rings. The minimum atomic E-state index is 0.318. The molecule has 0 amide bonds. The van der Waals surface area contributed by atoms with Crippen LogP contribution >= 0.6 is 0 Å². The van der Waals surface area contributed by atoms with E-state index in [9.17, 15) is 0 Å². The van der Waals surface area contributed by atoms with Gasteiger partial charge in [-0.1, -0.05) is 5.16 Å². The number of hydrogen-bond acceptors (Lipinski definition) is 5. The molecule has 1 saturated heterocycles. The van der Waals surface area contributed by atoms with Crippen LogP contribution in [0.3, 0.4) is 0 Å². The van der Waals surface area contributed by atoms with Crippen molar-refractivity contribution in [2.75, 3.05) is 6.54 Å². The van der Waals surface area contributed by atoms with Gasteiger partial charge in [-0.05, 0) is 44.5 Å². The number of H-pyrrole nitrogens is 1. The summed E-state index contributed by atoms with van der Waals surface area (Å²) < 4.78 is 11.1. The van der Waals surface area contributed by atoms with E-state index in [1.165, 1.54) is 6.42 Å². The second-order valence-electron chi connectivity index (χ2n) is 5.73. The quantitative estimate of drug-likeness (QED) is 0.800. The average Bonchev–Trinajstić information content (AvgIpc) is 3.26. The summed E-state index contributed by atoms with van der Waals surface area (Å²) in [6.07, 6.45) is 4.01. The van der Waals surface area contributed by atoms with Crippen molar-refractivity contribution in [2.45, 2.75) is 32.4 Å². The first-order valence-corrected chi connectivity index (χ1v) is 7.55. The molecule has 4 rings (SSSR count). The Kier molecular flexibility index (Phi) is 3.31. The molecule has 1 aliphatic heterocycles. The molecule has 0 aromatic carbocycles. The van der Waals surface area contributed by atoms with Crippen molar-refractivity contribution in [3.8, 4) is 11.5 Å². The van der Waals surface area contributed by atoms with Gasteiger partial charge in [-0.2, -0.15) is 5.10 Å². The predicted octanol–water partition coefficient (Wildman–Crippen LogP) is 3.30. The first-order valence-electron chi connectivity index (χ1n) is 7.55. The van der Waals surface area contributed by atoms with E-state index in [0.717, 1.165) is 48.2 Å². The maximum absolute atomic E-state index is 5.92. The fourth-order valence-corrected chi connectivity index (χ4v) is 3.09. The van der Waals surface area contributed by atoms with Crippen LogP contribution < -0.4 is 0 Å². The van der Waals surface area contributed by atoms with Gasteiger partial charge in [0.15, 0.2) is 5.76 Å². The van der Waals surface area contributed by atoms with E-state index < -0.39 is 0 Å². The third-order valence-electron chi connectivity index (χ3n) is 4.14. The highest BCUT2D eigenvalue weighted by Crippen LogP contribution is 2.33. The molecule has 22 heavy (non-hydrogen) atoms. The molecule has 6 heteroatoms. The lowest BCUT2D eigenvalue weighted by Crippen LogP contribution is -2.22. The van der Waals surface area contributed by atoms with Crippen molar-refractivity contribution >= 4 is 0 Å². The zero-order valence-electron chi connectivity index (χ0n) is 12.5. The lowest BCUT2D eigenvalue weighted by Gasteiger charge is -2.21. The molecule has 0 aliphatic carbocycles. The van der Waals surface area contributed by atoms with Crippen LogP contribution in [0.15, 0.2) is 39.4 Å². The normalized spacial score (nSPS) is 19.0. The fraction of sp³-hybridized carbons (Fsp3) is 0.375. The molecule has 1 aliphatic rings. The maximum atomic E-state index is 5.92. The van der Waals surface area contributed by atoms with Gasteiger partial charge in [-0.25, -0.2) is 0 Å². The monoisotopic (exact) mass is 298 g/mol. The summed E-state index contributed by atoms with van der Waals surface area (Å²) in [4.78, 5) is 2.40. The summed E-state index contributed by atoms with van der Waals surface area (Å²) in [5.41, 5.74) is 1.92. The Bertz CT molecular complexity index is 744. The van der Waals surface area contributed by atoms with Crippen LogP contribution in [0.2, 0.25) is 0 Å². The second kappa shape index (κ2) is 5.46. The van der Waals surface area contributed by atoms with Crippen molar-refractivity contribution in [1.82, 2.24) is 20.3 Å². The minimum absolute atomic E-state index is 0.318. The Hall–Kier alpha value is -2.34.